The Bertz CT molecular complexity index is 324. The number of aliphatic hydroxyl groups excluding tert-OH is 1. The predicted molar refractivity (Wildman–Crippen MR) is 49.8 cm³/mol. The third kappa shape index (κ3) is 1.16. The monoisotopic (exact) mass is 160 g/mol. The fraction of sp³-hybridized carbons (Fsp3) is 0.273. The van der Waals surface area contributed by atoms with Crippen molar-refractivity contribution in [1.29, 1.82) is 0 Å². The molecule has 0 saturated carbocycles. The van der Waals surface area contributed by atoms with E-state index < -0.39 is 0 Å². The van der Waals surface area contributed by atoms with E-state index in [0.717, 1.165) is 12.0 Å². The molecule has 0 spiro atoms. The second-order valence-corrected chi connectivity index (χ2v) is 3.24. The SMILES string of the molecule is CC(O)c1ccc2c(c1)CC=C2. The van der Waals surface area contributed by atoms with Crippen LogP contribution < -0.4 is 0 Å². The lowest BCUT2D eigenvalue weighted by atomic mass is 10.0. The normalized spacial score (nSPS) is 16.2. The number of benzene rings is 1. The highest BCUT2D eigenvalue weighted by Gasteiger charge is 2.07. The van der Waals surface area contributed by atoms with Crippen LogP contribution in [0, 0.1) is 0 Å². The van der Waals surface area contributed by atoms with Crippen molar-refractivity contribution in [1.82, 2.24) is 0 Å². The molecule has 2 rings (SSSR count). The second-order valence-electron chi connectivity index (χ2n) is 3.24. The first-order valence-electron chi connectivity index (χ1n) is 4.25. The Labute approximate surface area is 72.4 Å². The zero-order chi connectivity index (χ0) is 8.55. The van der Waals surface area contributed by atoms with Gasteiger partial charge < -0.3 is 5.11 Å². The molecule has 1 unspecified atom stereocenters. The number of rotatable bonds is 1. The highest BCUT2D eigenvalue weighted by molar-refractivity contribution is 5.60. The lowest BCUT2D eigenvalue weighted by molar-refractivity contribution is 0.199. The molecule has 0 amide bonds. The molecule has 1 atom stereocenters. The van der Waals surface area contributed by atoms with Gasteiger partial charge in [-0.1, -0.05) is 30.4 Å². The van der Waals surface area contributed by atoms with E-state index in [1.165, 1.54) is 11.1 Å². The van der Waals surface area contributed by atoms with Crippen molar-refractivity contribution >= 4 is 6.08 Å². The van der Waals surface area contributed by atoms with Crippen LogP contribution in [-0.4, -0.2) is 5.11 Å². The first-order chi connectivity index (χ1) is 5.77. The highest BCUT2D eigenvalue weighted by Crippen LogP contribution is 2.23. The minimum atomic E-state index is -0.351. The molecule has 1 aliphatic carbocycles. The highest BCUT2D eigenvalue weighted by atomic mass is 16.3. The lowest BCUT2D eigenvalue weighted by Gasteiger charge is -2.06. The molecule has 1 nitrogen and oxygen atoms in total. The van der Waals surface area contributed by atoms with E-state index in [4.69, 9.17) is 0 Å². The van der Waals surface area contributed by atoms with E-state index in [2.05, 4.69) is 24.3 Å². The molecule has 0 fully saturated rings. The van der Waals surface area contributed by atoms with Gasteiger partial charge >= 0.3 is 0 Å². The summed E-state index contributed by atoms with van der Waals surface area (Å²) in [6.07, 6.45) is 4.93. The predicted octanol–water partition coefficient (Wildman–Crippen LogP) is 2.31. The van der Waals surface area contributed by atoms with Crippen LogP contribution in [0.15, 0.2) is 24.3 Å². The van der Waals surface area contributed by atoms with Crippen LogP contribution in [0.3, 0.4) is 0 Å². The lowest BCUT2D eigenvalue weighted by Crippen LogP contribution is -1.92. The Balaban J connectivity index is 2.42. The molecule has 0 heterocycles. The summed E-state index contributed by atoms with van der Waals surface area (Å²) in [5, 5.41) is 9.33. The minimum Gasteiger partial charge on any atom is -0.389 e. The summed E-state index contributed by atoms with van der Waals surface area (Å²) in [6.45, 7) is 1.80. The zero-order valence-corrected chi connectivity index (χ0v) is 7.12. The summed E-state index contributed by atoms with van der Waals surface area (Å²) in [5.74, 6) is 0. The van der Waals surface area contributed by atoms with Crippen molar-refractivity contribution in [2.75, 3.05) is 0 Å². The van der Waals surface area contributed by atoms with Gasteiger partial charge in [-0.05, 0) is 30.0 Å². The quantitative estimate of drug-likeness (QED) is 0.668. The van der Waals surface area contributed by atoms with Crippen LogP contribution in [0.4, 0.5) is 0 Å². The number of fused-ring (bicyclic) bond motifs is 1. The Kier molecular flexibility index (Phi) is 1.74. The van der Waals surface area contributed by atoms with Gasteiger partial charge in [0.15, 0.2) is 0 Å². The third-order valence-electron chi connectivity index (χ3n) is 2.28. The molecule has 0 saturated heterocycles. The number of aliphatic hydroxyl groups is 1. The van der Waals surface area contributed by atoms with Gasteiger partial charge in [0.1, 0.15) is 0 Å². The molecule has 0 radical (unpaired) electrons. The van der Waals surface area contributed by atoms with E-state index in [1.54, 1.807) is 6.92 Å². The molecule has 62 valence electrons. The van der Waals surface area contributed by atoms with Gasteiger partial charge in [-0.2, -0.15) is 0 Å². The van der Waals surface area contributed by atoms with Gasteiger partial charge in [0.05, 0.1) is 6.10 Å². The van der Waals surface area contributed by atoms with Crippen molar-refractivity contribution in [2.45, 2.75) is 19.4 Å². The van der Waals surface area contributed by atoms with Crippen LogP contribution in [0.1, 0.15) is 29.7 Å². The molecule has 0 bridgehead atoms. The molecule has 0 aliphatic heterocycles. The Morgan fingerprint density at radius 1 is 1.42 bits per heavy atom. The standard InChI is InChI=1S/C11H12O/c1-8(12)10-6-5-9-3-2-4-11(9)7-10/h2-3,5-8,12H,4H2,1H3. The van der Waals surface area contributed by atoms with Crippen molar-refractivity contribution in [3.05, 3.63) is 41.0 Å². The molecular weight excluding hydrogens is 148 g/mol. The molecular formula is C11H12O. The summed E-state index contributed by atoms with van der Waals surface area (Å²) in [7, 11) is 0. The van der Waals surface area contributed by atoms with Gasteiger partial charge in [0.25, 0.3) is 0 Å². The first-order valence-corrected chi connectivity index (χ1v) is 4.25. The molecule has 1 aliphatic rings. The molecule has 1 heteroatoms. The molecule has 1 aromatic rings. The average Bonchev–Trinajstić information content (AvgIpc) is 2.49. The average molecular weight is 160 g/mol. The van der Waals surface area contributed by atoms with E-state index >= 15 is 0 Å². The van der Waals surface area contributed by atoms with Crippen LogP contribution >= 0.6 is 0 Å². The summed E-state index contributed by atoms with van der Waals surface area (Å²) in [5.41, 5.74) is 3.63. The summed E-state index contributed by atoms with van der Waals surface area (Å²) in [6, 6.07) is 6.14. The maximum atomic E-state index is 9.33. The van der Waals surface area contributed by atoms with Gasteiger partial charge in [0, 0.05) is 0 Å². The largest absolute Gasteiger partial charge is 0.389 e. The van der Waals surface area contributed by atoms with Gasteiger partial charge in [0.2, 0.25) is 0 Å². The van der Waals surface area contributed by atoms with Crippen molar-refractivity contribution in [2.24, 2.45) is 0 Å². The Morgan fingerprint density at radius 2 is 2.25 bits per heavy atom. The third-order valence-corrected chi connectivity index (χ3v) is 2.28. The topological polar surface area (TPSA) is 20.2 Å². The van der Waals surface area contributed by atoms with E-state index in [0.29, 0.717) is 0 Å². The number of hydrogen-bond donors (Lipinski definition) is 1. The Hall–Kier alpha value is -1.08. The maximum Gasteiger partial charge on any atom is 0.0762 e. The fourth-order valence-corrected chi connectivity index (χ4v) is 1.54. The maximum absolute atomic E-state index is 9.33. The Morgan fingerprint density at radius 3 is 3.00 bits per heavy atom. The number of allylic oxidation sites excluding steroid dienone is 1. The minimum absolute atomic E-state index is 0.351. The van der Waals surface area contributed by atoms with Crippen molar-refractivity contribution in [3.63, 3.8) is 0 Å². The summed E-state index contributed by atoms with van der Waals surface area (Å²) >= 11 is 0. The van der Waals surface area contributed by atoms with E-state index in [-0.39, 0.29) is 6.10 Å². The molecule has 0 aromatic heterocycles. The number of hydrogen-bond acceptors (Lipinski definition) is 1. The fourth-order valence-electron chi connectivity index (χ4n) is 1.54. The van der Waals surface area contributed by atoms with E-state index in [9.17, 15) is 5.11 Å². The van der Waals surface area contributed by atoms with Crippen LogP contribution in [0.5, 0.6) is 0 Å². The first kappa shape index (κ1) is 7.56. The summed E-state index contributed by atoms with van der Waals surface area (Å²) < 4.78 is 0. The van der Waals surface area contributed by atoms with Crippen LogP contribution in [0.2, 0.25) is 0 Å². The van der Waals surface area contributed by atoms with E-state index in [1.807, 2.05) is 6.07 Å². The van der Waals surface area contributed by atoms with Crippen molar-refractivity contribution < 1.29 is 5.11 Å². The molecule has 1 N–H and O–H groups in total. The molecule has 1 aromatic carbocycles. The second kappa shape index (κ2) is 2.76. The van der Waals surface area contributed by atoms with Gasteiger partial charge in [-0.15, -0.1) is 0 Å². The van der Waals surface area contributed by atoms with Crippen LogP contribution in [0.25, 0.3) is 6.08 Å². The zero-order valence-electron chi connectivity index (χ0n) is 7.12. The summed E-state index contributed by atoms with van der Waals surface area (Å²) in [4.78, 5) is 0. The van der Waals surface area contributed by atoms with Crippen LogP contribution in [-0.2, 0) is 6.42 Å². The smallest absolute Gasteiger partial charge is 0.0762 e. The van der Waals surface area contributed by atoms with Crippen molar-refractivity contribution in [3.8, 4) is 0 Å². The molecule has 12 heavy (non-hydrogen) atoms. The van der Waals surface area contributed by atoms with Gasteiger partial charge in [-0.3, -0.25) is 0 Å². The van der Waals surface area contributed by atoms with Gasteiger partial charge in [-0.25, -0.2) is 0 Å².